The maximum atomic E-state index is 13.6. The number of aromatic nitrogens is 3. The lowest BCUT2D eigenvalue weighted by atomic mass is 9.93. The zero-order chi connectivity index (χ0) is 23.0. The molecular weight excluding hydrogens is 430 g/mol. The monoisotopic (exact) mass is 457 g/mol. The number of hydrogen-bond acceptors (Lipinski definition) is 5. The molecule has 7 heteroatoms. The topological polar surface area (TPSA) is 71.8 Å². The zero-order valence-electron chi connectivity index (χ0n) is 18.9. The van der Waals surface area contributed by atoms with Crippen LogP contribution in [0.1, 0.15) is 63.7 Å². The van der Waals surface area contributed by atoms with Crippen LogP contribution in [0.2, 0.25) is 0 Å². The minimum Gasteiger partial charge on any atom is -0.360 e. The van der Waals surface area contributed by atoms with Gasteiger partial charge in [0.05, 0.1) is 23.8 Å². The van der Waals surface area contributed by atoms with E-state index in [-0.39, 0.29) is 23.5 Å². The van der Waals surface area contributed by atoms with Crippen LogP contribution in [0.25, 0.3) is 0 Å². The van der Waals surface area contributed by atoms with Crippen molar-refractivity contribution in [1.82, 2.24) is 20.1 Å². The number of anilines is 1. The average Bonchev–Trinajstić information content (AvgIpc) is 3.45. The van der Waals surface area contributed by atoms with E-state index in [9.17, 15) is 4.79 Å². The van der Waals surface area contributed by atoms with E-state index in [1.807, 2.05) is 71.5 Å². The second-order valence-corrected chi connectivity index (χ2v) is 10.3. The molecule has 2 aromatic heterocycles. The normalized spacial score (nSPS) is 16.8. The van der Waals surface area contributed by atoms with E-state index in [1.165, 1.54) is 4.88 Å². The summed E-state index contributed by atoms with van der Waals surface area (Å²) in [5.41, 5.74) is 2.35. The van der Waals surface area contributed by atoms with Crippen LogP contribution >= 0.6 is 11.3 Å². The van der Waals surface area contributed by atoms with Crippen molar-refractivity contribution in [3.63, 3.8) is 0 Å². The molecule has 1 unspecified atom stereocenters. The van der Waals surface area contributed by atoms with Crippen molar-refractivity contribution in [3.8, 4) is 0 Å². The van der Waals surface area contributed by atoms with Crippen LogP contribution in [-0.2, 0) is 5.54 Å². The number of amides is 1. The highest BCUT2D eigenvalue weighted by Crippen LogP contribution is 2.41. The van der Waals surface area contributed by atoms with Crippen LogP contribution in [0.4, 0.5) is 5.82 Å². The van der Waals surface area contributed by atoms with Crippen LogP contribution in [0.3, 0.4) is 0 Å². The van der Waals surface area contributed by atoms with E-state index >= 15 is 0 Å². The van der Waals surface area contributed by atoms with E-state index < -0.39 is 0 Å². The first-order valence-corrected chi connectivity index (χ1v) is 11.9. The lowest BCUT2D eigenvalue weighted by molar-refractivity contribution is 0.0943. The number of fused-ring (bicyclic) bond motifs is 1. The lowest BCUT2D eigenvalue weighted by Crippen LogP contribution is -2.38. The van der Waals surface area contributed by atoms with Gasteiger partial charge >= 0.3 is 0 Å². The molecule has 1 aliphatic heterocycles. The van der Waals surface area contributed by atoms with Crippen LogP contribution in [-0.4, -0.2) is 20.7 Å². The molecule has 2 N–H and O–H groups in total. The number of thiazole rings is 1. The Balaban J connectivity index is 1.48. The molecule has 4 aromatic rings. The zero-order valence-corrected chi connectivity index (χ0v) is 19.8. The summed E-state index contributed by atoms with van der Waals surface area (Å²) in [4.78, 5) is 19.3. The van der Waals surface area contributed by atoms with Gasteiger partial charge in [0, 0.05) is 11.1 Å². The number of hydrogen-bond donors (Lipinski definition) is 2. The number of nitrogens with one attached hydrogen (secondary N) is 2. The molecule has 1 atom stereocenters. The Morgan fingerprint density at radius 2 is 1.73 bits per heavy atom. The van der Waals surface area contributed by atoms with Gasteiger partial charge in [0.1, 0.15) is 16.4 Å². The van der Waals surface area contributed by atoms with Crippen molar-refractivity contribution >= 4 is 23.1 Å². The summed E-state index contributed by atoms with van der Waals surface area (Å²) in [5, 5.41) is 12.4. The summed E-state index contributed by atoms with van der Waals surface area (Å²) >= 11 is 1.69. The molecule has 6 nitrogen and oxygen atoms in total. The highest BCUT2D eigenvalue weighted by molar-refractivity contribution is 7.11. The van der Waals surface area contributed by atoms with Gasteiger partial charge in [-0.05, 0) is 38.3 Å². The minimum atomic E-state index is -0.260. The summed E-state index contributed by atoms with van der Waals surface area (Å²) in [7, 11) is 0. The quantitative estimate of drug-likeness (QED) is 0.417. The molecule has 0 saturated carbocycles. The highest BCUT2D eigenvalue weighted by Gasteiger charge is 2.38. The summed E-state index contributed by atoms with van der Waals surface area (Å²) in [6.45, 7) is 6.36. The van der Waals surface area contributed by atoms with Gasteiger partial charge in [-0.15, -0.1) is 11.3 Å². The molecule has 33 heavy (non-hydrogen) atoms. The molecule has 1 aliphatic rings. The van der Waals surface area contributed by atoms with Gasteiger partial charge in [0.25, 0.3) is 5.91 Å². The summed E-state index contributed by atoms with van der Waals surface area (Å²) in [6, 6.07) is 19.8. The van der Waals surface area contributed by atoms with Crippen LogP contribution in [0.5, 0.6) is 0 Å². The fourth-order valence-electron chi connectivity index (χ4n) is 4.46. The van der Waals surface area contributed by atoms with Gasteiger partial charge in [-0.1, -0.05) is 60.7 Å². The second kappa shape index (κ2) is 8.48. The number of nitrogens with zero attached hydrogens (tertiary/aromatic N) is 3. The van der Waals surface area contributed by atoms with Gasteiger partial charge in [-0.25, -0.2) is 9.67 Å². The van der Waals surface area contributed by atoms with Gasteiger partial charge in [0.15, 0.2) is 0 Å². The van der Waals surface area contributed by atoms with Crippen LogP contribution in [0, 0.1) is 6.92 Å². The standard InChI is InChI=1S/C26H27N5OS/c1-17-15-27-25(33-17)21-14-26(2,3)31-23(29-21)20(16-28-31)24(32)30-22(18-10-6-4-7-11-18)19-12-8-5-9-13-19/h4-13,15-16,21-22,29H,14H2,1-3H3,(H,30,32). The van der Waals surface area contributed by atoms with Crippen molar-refractivity contribution < 1.29 is 4.79 Å². The molecule has 0 fully saturated rings. The second-order valence-electron chi connectivity index (χ2n) is 9.07. The largest absolute Gasteiger partial charge is 0.360 e. The van der Waals surface area contributed by atoms with E-state index in [1.54, 1.807) is 17.5 Å². The predicted molar refractivity (Wildman–Crippen MR) is 132 cm³/mol. The first-order valence-electron chi connectivity index (χ1n) is 11.1. The molecule has 2 aromatic carbocycles. The number of rotatable bonds is 5. The third-order valence-electron chi connectivity index (χ3n) is 6.08. The fourth-order valence-corrected chi connectivity index (χ4v) is 5.28. The average molecular weight is 458 g/mol. The molecule has 5 rings (SSSR count). The van der Waals surface area contributed by atoms with E-state index in [2.05, 4.69) is 41.5 Å². The molecule has 0 saturated heterocycles. The molecule has 0 spiro atoms. The number of carbonyl (C=O) groups excluding carboxylic acids is 1. The first kappa shape index (κ1) is 21.4. The van der Waals surface area contributed by atoms with Gasteiger partial charge < -0.3 is 10.6 Å². The minimum absolute atomic E-state index is 0.0356. The molecule has 0 aliphatic carbocycles. The fraction of sp³-hybridized carbons (Fsp3) is 0.269. The molecule has 0 bridgehead atoms. The maximum absolute atomic E-state index is 13.6. The maximum Gasteiger partial charge on any atom is 0.257 e. The summed E-state index contributed by atoms with van der Waals surface area (Å²) in [6.07, 6.45) is 4.41. The summed E-state index contributed by atoms with van der Waals surface area (Å²) in [5.74, 6) is 0.578. The Labute approximate surface area is 197 Å². The molecular formula is C26H27N5OS. The third kappa shape index (κ3) is 4.16. The number of carbonyl (C=O) groups is 1. The lowest BCUT2D eigenvalue weighted by Gasteiger charge is -2.37. The molecule has 1 amide bonds. The summed E-state index contributed by atoms with van der Waals surface area (Å²) < 4.78 is 1.93. The molecule has 168 valence electrons. The Morgan fingerprint density at radius 3 is 2.30 bits per heavy atom. The highest BCUT2D eigenvalue weighted by atomic mass is 32.1. The van der Waals surface area contributed by atoms with E-state index in [0.29, 0.717) is 5.56 Å². The van der Waals surface area contributed by atoms with Crippen LogP contribution < -0.4 is 10.6 Å². The smallest absolute Gasteiger partial charge is 0.257 e. The van der Waals surface area contributed by atoms with Crippen molar-refractivity contribution in [1.29, 1.82) is 0 Å². The SMILES string of the molecule is Cc1cnc(C2CC(C)(C)n3ncc(C(=O)NC(c4ccccc4)c4ccccc4)c3N2)s1. The van der Waals surface area contributed by atoms with Gasteiger partial charge in [0.2, 0.25) is 0 Å². The Hall–Kier alpha value is -3.45. The number of benzene rings is 2. The molecule has 0 radical (unpaired) electrons. The Bertz CT molecular complexity index is 1220. The third-order valence-corrected chi connectivity index (χ3v) is 7.11. The van der Waals surface area contributed by atoms with Crippen molar-refractivity contribution in [2.45, 2.75) is 44.8 Å². The van der Waals surface area contributed by atoms with Gasteiger partial charge in [-0.2, -0.15) is 5.10 Å². The van der Waals surface area contributed by atoms with Crippen molar-refractivity contribution in [2.24, 2.45) is 0 Å². The molecule has 3 heterocycles. The van der Waals surface area contributed by atoms with Gasteiger partial charge in [-0.3, -0.25) is 4.79 Å². The Kier molecular flexibility index (Phi) is 5.50. The predicted octanol–water partition coefficient (Wildman–Crippen LogP) is 5.46. The van der Waals surface area contributed by atoms with E-state index in [0.717, 1.165) is 28.4 Å². The van der Waals surface area contributed by atoms with Crippen LogP contribution in [0.15, 0.2) is 73.1 Å². The van der Waals surface area contributed by atoms with Crippen molar-refractivity contribution in [2.75, 3.05) is 5.32 Å². The first-order chi connectivity index (χ1) is 15.9. The number of aryl methyl sites for hydroxylation is 1. The van der Waals surface area contributed by atoms with E-state index in [4.69, 9.17) is 0 Å². The van der Waals surface area contributed by atoms with Crippen molar-refractivity contribution in [3.05, 3.63) is 99.6 Å². The Morgan fingerprint density at radius 1 is 1.09 bits per heavy atom.